The lowest BCUT2D eigenvalue weighted by Gasteiger charge is -1.99. The lowest BCUT2D eigenvalue weighted by atomic mass is 10.3. The number of nitro groups is 1. The van der Waals surface area contributed by atoms with Gasteiger partial charge in [0, 0.05) is 17.7 Å². The average molecular weight is 323 g/mol. The standard InChI is InChI=1S/C13H13N3O3S2/c1-19-13-9(7-12(20-2)21-13)8-14-15-10-3-5-11(6-4-10)16(17)18/h3-8,15H,1-2H3. The Morgan fingerprint density at radius 2 is 2.14 bits per heavy atom. The topological polar surface area (TPSA) is 76.8 Å². The van der Waals surface area contributed by atoms with Crippen LogP contribution in [0.25, 0.3) is 0 Å². The molecular formula is C13H13N3O3S2. The first-order valence-electron chi connectivity index (χ1n) is 5.89. The van der Waals surface area contributed by atoms with Gasteiger partial charge in [-0.2, -0.15) is 5.10 Å². The van der Waals surface area contributed by atoms with Crippen LogP contribution in [-0.2, 0) is 0 Å². The van der Waals surface area contributed by atoms with E-state index in [-0.39, 0.29) is 5.69 Å². The number of methoxy groups -OCH3 is 1. The van der Waals surface area contributed by atoms with Crippen molar-refractivity contribution in [3.05, 3.63) is 46.0 Å². The molecule has 0 amide bonds. The van der Waals surface area contributed by atoms with Crippen LogP contribution >= 0.6 is 23.1 Å². The molecule has 1 aromatic heterocycles. The summed E-state index contributed by atoms with van der Waals surface area (Å²) in [5.41, 5.74) is 4.44. The zero-order valence-electron chi connectivity index (χ0n) is 11.4. The Kier molecular flexibility index (Phi) is 5.18. The molecule has 0 saturated heterocycles. The van der Waals surface area contributed by atoms with Gasteiger partial charge in [-0.3, -0.25) is 15.5 Å². The van der Waals surface area contributed by atoms with Crippen molar-refractivity contribution in [2.45, 2.75) is 4.21 Å². The molecule has 0 unspecified atom stereocenters. The molecule has 2 rings (SSSR count). The Hall–Kier alpha value is -2.06. The molecule has 0 aliphatic rings. The van der Waals surface area contributed by atoms with Crippen LogP contribution in [0.4, 0.5) is 11.4 Å². The van der Waals surface area contributed by atoms with E-state index < -0.39 is 4.92 Å². The van der Waals surface area contributed by atoms with Crippen molar-refractivity contribution in [1.29, 1.82) is 0 Å². The van der Waals surface area contributed by atoms with Crippen LogP contribution in [-0.4, -0.2) is 24.5 Å². The number of rotatable bonds is 6. The first-order valence-corrected chi connectivity index (χ1v) is 7.93. The molecule has 1 N–H and O–H groups in total. The summed E-state index contributed by atoms with van der Waals surface area (Å²) in [6.45, 7) is 0. The van der Waals surface area contributed by atoms with Gasteiger partial charge in [-0.25, -0.2) is 0 Å². The maximum absolute atomic E-state index is 10.6. The summed E-state index contributed by atoms with van der Waals surface area (Å²) in [6, 6.07) is 8.06. The molecule has 0 spiro atoms. The van der Waals surface area contributed by atoms with Gasteiger partial charge in [-0.05, 0) is 24.5 Å². The highest BCUT2D eigenvalue weighted by molar-refractivity contribution is 8.00. The quantitative estimate of drug-likeness (QED) is 0.378. The van der Waals surface area contributed by atoms with Gasteiger partial charge < -0.3 is 4.74 Å². The lowest BCUT2D eigenvalue weighted by molar-refractivity contribution is -0.384. The van der Waals surface area contributed by atoms with E-state index >= 15 is 0 Å². The van der Waals surface area contributed by atoms with Crippen molar-refractivity contribution in [3.63, 3.8) is 0 Å². The molecule has 2 aromatic rings. The minimum absolute atomic E-state index is 0.0497. The molecule has 21 heavy (non-hydrogen) atoms. The highest BCUT2D eigenvalue weighted by atomic mass is 32.2. The Labute approximate surface area is 130 Å². The number of anilines is 1. The minimum Gasteiger partial charge on any atom is -0.487 e. The first kappa shape index (κ1) is 15.3. The zero-order chi connectivity index (χ0) is 15.2. The van der Waals surface area contributed by atoms with Gasteiger partial charge in [0.2, 0.25) is 0 Å². The second-order valence-corrected chi connectivity index (χ2v) is 6.01. The van der Waals surface area contributed by atoms with Crippen molar-refractivity contribution in [1.82, 2.24) is 0 Å². The smallest absolute Gasteiger partial charge is 0.269 e. The number of thiophene rings is 1. The normalized spacial score (nSPS) is 10.8. The Balaban J connectivity index is 2.05. The second kappa shape index (κ2) is 7.09. The summed E-state index contributed by atoms with van der Waals surface area (Å²) in [5.74, 6) is 0. The number of benzene rings is 1. The Morgan fingerprint density at radius 1 is 1.43 bits per heavy atom. The van der Waals surface area contributed by atoms with Gasteiger partial charge in [-0.15, -0.1) is 11.8 Å². The van der Waals surface area contributed by atoms with E-state index in [1.807, 2.05) is 12.3 Å². The molecule has 0 aliphatic carbocycles. The van der Waals surface area contributed by atoms with Crippen molar-refractivity contribution < 1.29 is 9.66 Å². The molecular weight excluding hydrogens is 310 g/mol. The number of nitrogens with zero attached hydrogens (tertiary/aromatic N) is 2. The van der Waals surface area contributed by atoms with E-state index in [1.54, 1.807) is 48.6 Å². The molecule has 110 valence electrons. The number of thioether (sulfide) groups is 1. The maximum atomic E-state index is 10.6. The SMILES string of the molecule is COc1sc(SC)cc1C=NNc1ccc([N+](=O)[O-])cc1. The highest BCUT2D eigenvalue weighted by Gasteiger charge is 2.07. The van der Waals surface area contributed by atoms with Crippen LogP contribution in [0.1, 0.15) is 5.56 Å². The summed E-state index contributed by atoms with van der Waals surface area (Å²) < 4.78 is 6.43. The molecule has 0 atom stereocenters. The van der Waals surface area contributed by atoms with E-state index in [4.69, 9.17) is 4.74 Å². The van der Waals surface area contributed by atoms with Crippen LogP contribution in [0.3, 0.4) is 0 Å². The minimum atomic E-state index is -0.437. The van der Waals surface area contributed by atoms with Crippen molar-refractivity contribution in [2.75, 3.05) is 18.8 Å². The first-order chi connectivity index (χ1) is 10.1. The van der Waals surface area contributed by atoms with Crippen molar-refractivity contribution in [2.24, 2.45) is 5.10 Å². The number of hydrazone groups is 1. The van der Waals surface area contributed by atoms with Crippen molar-refractivity contribution >= 4 is 40.7 Å². The molecule has 1 aromatic carbocycles. The van der Waals surface area contributed by atoms with Crippen LogP contribution in [0, 0.1) is 10.1 Å². The largest absolute Gasteiger partial charge is 0.487 e. The average Bonchev–Trinajstić information content (AvgIpc) is 2.90. The predicted molar refractivity (Wildman–Crippen MR) is 87.0 cm³/mol. The zero-order valence-corrected chi connectivity index (χ0v) is 13.0. The number of ether oxygens (including phenoxy) is 1. The second-order valence-electron chi connectivity index (χ2n) is 3.89. The number of nitrogens with one attached hydrogen (secondary N) is 1. The Bertz CT molecular complexity index is 653. The van der Waals surface area contributed by atoms with Crippen LogP contribution < -0.4 is 10.2 Å². The molecule has 0 saturated carbocycles. The number of hydrogen-bond acceptors (Lipinski definition) is 7. The lowest BCUT2D eigenvalue weighted by Crippen LogP contribution is -1.92. The fraction of sp³-hybridized carbons (Fsp3) is 0.154. The fourth-order valence-electron chi connectivity index (χ4n) is 1.55. The summed E-state index contributed by atoms with van der Waals surface area (Å²) in [5, 5.41) is 15.5. The third kappa shape index (κ3) is 3.96. The van der Waals surface area contributed by atoms with Gasteiger partial charge >= 0.3 is 0 Å². The van der Waals surface area contributed by atoms with E-state index in [0.29, 0.717) is 5.69 Å². The number of nitro benzene ring substituents is 1. The van der Waals surface area contributed by atoms with Gasteiger partial charge in [0.25, 0.3) is 5.69 Å². The molecule has 0 bridgehead atoms. The molecule has 6 nitrogen and oxygen atoms in total. The fourth-order valence-corrected chi connectivity index (χ4v) is 3.04. The predicted octanol–water partition coefficient (Wildman–Crippen LogP) is 3.83. The molecule has 0 aliphatic heterocycles. The van der Waals surface area contributed by atoms with Crippen LogP contribution in [0.15, 0.2) is 39.6 Å². The van der Waals surface area contributed by atoms with E-state index in [9.17, 15) is 10.1 Å². The molecule has 1 heterocycles. The number of hydrogen-bond donors (Lipinski definition) is 1. The summed E-state index contributed by atoms with van der Waals surface area (Å²) in [4.78, 5) is 10.1. The summed E-state index contributed by atoms with van der Waals surface area (Å²) in [6.07, 6.45) is 3.66. The maximum Gasteiger partial charge on any atom is 0.269 e. The molecule has 0 fully saturated rings. The third-order valence-corrected chi connectivity index (χ3v) is 4.74. The van der Waals surface area contributed by atoms with Crippen LogP contribution in [0.2, 0.25) is 0 Å². The third-order valence-electron chi connectivity index (χ3n) is 2.56. The van der Waals surface area contributed by atoms with Gasteiger partial charge in [-0.1, -0.05) is 11.3 Å². The van der Waals surface area contributed by atoms with Gasteiger partial charge in [0.05, 0.1) is 28.1 Å². The summed E-state index contributed by atoms with van der Waals surface area (Å²) >= 11 is 3.20. The van der Waals surface area contributed by atoms with Crippen LogP contribution in [0.5, 0.6) is 5.06 Å². The summed E-state index contributed by atoms with van der Waals surface area (Å²) in [7, 11) is 1.62. The monoisotopic (exact) mass is 323 g/mol. The van der Waals surface area contributed by atoms with E-state index in [1.165, 1.54) is 12.1 Å². The number of non-ortho nitro benzene ring substituents is 1. The van der Waals surface area contributed by atoms with E-state index in [2.05, 4.69) is 10.5 Å². The van der Waals surface area contributed by atoms with Gasteiger partial charge in [0.1, 0.15) is 0 Å². The Morgan fingerprint density at radius 3 is 2.71 bits per heavy atom. The van der Waals surface area contributed by atoms with Gasteiger partial charge in [0.15, 0.2) is 5.06 Å². The van der Waals surface area contributed by atoms with E-state index in [0.717, 1.165) is 14.8 Å². The van der Waals surface area contributed by atoms with Crippen molar-refractivity contribution in [3.8, 4) is 5.06 Å². The highest BCUT2D eigenvalue weighted by Crippen LogP contribution is 2.34. The molecule has 8 heteroatoms. The molecule has 0 radical (unpaired) electrons.